The molecule has 3 N–H and O–H groups in total. The second-order valence-electron chi connectivity index (χ2n) is 6.85. The van der Waals surface area contributed by atoms with Crippen molar-refractivity contribution in [3.8, 4) is 0 Å². The molecule has 2 heterocycles. The van der Waals surface area contributed by atoms with Crippen molar-refractivity contribution in [1.82, 2.24) is 5.16 Å². The summed E-state index contributed by atoms with van der Waals surface area (Å²) in [6.07, 6.45) is 0. The SMILES string of the molecule is Cc1cc(C[NH+]2CC[NH+]([C@H](C)C(=O)Nc3ccc(F)cc3Cl)CC2)no1. The molecular formula is C18H24ClFN4O2+2. The van der Waals surface area contributed by atoms with Crippen molar-refractivity contribution in [1.29, 1.82) is 0 Å². The summed E-state index contributed by atoms with van der Waals surface area (Å²) in [5, 5.41) is 7.05. The molecule has 1 aromatic heterocycles. The lowest BCUT2D eigenvalue weighted by atomic mass is 10.2. The molecule has 1 atom stereocenters. The first-order valence-corrected chi connectivity index (χ1v) is 9.16. The fourth-order valence-corrected chi connectivity index (χ4v) is 3.52. The number of aromatic nitrogens is 1. The van der Waals surface area contributed by atoms with Gasteiger partial charge in [-0.1, -0.05) is 16.8 Å². The maximum absolute atomic E-state index is 13.1. The van der Waals surface area contributed by atoms with E-state index in [1.807, 2.05) is 19.9 Å². The highest BCUT2D eigenvalue weighted by molar-refractivity contribution is 6.33. The van der Waals surface area contributed by atoms with Gasteiger partial charge in [-0.2, -0.15) is 0 Å². The zero-order chi connectivity index (χ0) is 18.7. The van der Waals surface area contributed by atoms with Crippen LogP contribution in [0.5, 0.6) is 0 Å². The molecule has 0 saturated carbocycles. The summed E-state index contributed by atoms with van der Waals surface area (Å²) in [4.78, 5) is 15.2. The molecule has 8 heteroatoms. The second kappa shape index (κ2) is 8.16. The number of anilines is 1. The average Bonchev–Trinajstić information content (AvgIpc) is 3.02. The first-order valence-electron chi connectivity index (χ1n) is 8.78. The summed E-state index contributed by atoms with van der Waals surface area (Å²) in [5.41, 5.74) is 1.41. The smallest absolute Gasteiger partial charge is 0.282 e. The molecule has 1 aromatic carbocycles. The van der Waals surface area contributed by atoms with Crippen LogP contribution in [0.4, 0.5) is 10.1 Å². The number of nitrogens with zero attached hydrogens (tertiary/aromatic N) is 1. The highest BCUT2D eigenvalue weighted by Crippen LogP contribution is 2.22. The predicted molar refractivity (Wildman–Crippen MR) is 95.8 cm³/mol. The summed E-state index contributed by atoms with van der Waals surface area (Å²) in [7, 11) is 0. The fourth-order valence-electron chi connectivity index (χ4n) is 3.31. The highest BCUT2D eigenvalue weighted by atomic mass is 35.5. The zero-order valence-corrected chi connectivity index (χ0v) is 15.7. The lowest BCUT2D eigenvalue weighted by Gasteiger charge is -2.32. The standard InChI is InChI=1S/C18H22ClFN4O2/c1-12-9-15(22-26-12)11-23-5-7-24(8-6-23)13(2)18(25)21-17-4-3-14(20)10-16(17)19/h3-4,9-10,13H,5-8,11H2,1-2H3,(H,21,25)/p+2/t13-/m1/s1. The maximum atomic E-state index is 13.1. The van der Waals surface area contributed by atoms with Gasteiger partial charge in [0.05, 0.1) is 10.7 Å². The minimum absolute atomic E-state index is 0.107. The van der Waals surface area contributed by atoms with Crippen LogP contribution in [0.2, 0.25) is 5.02 Å². The Labute approximate surface area is 156 Å². The van der Waals surface area contributed by atoms with Crippen LogP contribution in [0.3, 0.4) is 0 Å². The van der Waals surface area contributed by atoms with E-state index in [2.05, 4.69) is 10.5 Å². The van der Waals surface area contributed by atoms with Crippen LogP contribution in [-0.4, -0.2) is 43.3 Å². The Hall–Kier alpha value is -1.96. The molecule has 1 aliphatic rings. The topological polar surface area (TPSA) is 64.0 Å². The molecule has 3 rings (SSSR count). The van der Waals surface area contributed by atoms with Crippen molar-refractivity contribution >= 4 is 23.2 Å². The Balaban J connectivity index is 1.51. The molecular weight excluding hydrogens is 359 g/mol. The number of halogens is 2. The van der Waals surface area contributed by atoms with Crippen LogP contribution in [0.1, 0.15) is 18.4 Å². The van der Waals surface area contributed by atoms with E-state index in [1.165, 1.54) is 28.0 Å². The molecule has 1 amide bonds. The first kappa shape index (κ1) is 18.8. The maximum Gasteiger partial charge on any atom is 0.282 e. The van der Waals surface area contributed by atoms with Gasteiger partial charge in [-0.05, 0) is 32.0 Å². The first-order chi connectivity index (χ1) is 12.4. The third-order valence-corrected chi connectivity index (χ3v) is 5.21. The van der Waals surface area contributed by atoms with E-state index in [9.17, 15) is 9.18 Å². The monoisotopic (exact) mass is 382 g/mol. The van der Waals surface area contributed by atoms with Gasteiger partial charge in [-0.25, -0.2) is 4.39 Å². The van der Waals surface area contributed by atoms with Gasteiger partial charge in [-0.3, -0.25) is 4.79 Å². The number of quaternary nitrogens is 2. The number of hydrogen-bond acceptors (Lipinski definition) is 3. The third kappa shape index (κ3) is 4.60. The Morgan fingerprint density at radius 3 is 2.69 bits per heavy atom. The molecule has 0 radical (unpaired) electrons. The quantitative estimate of drug-likeness (QED) is 0.686. The minimum Gasteiger partial charge on any atom is -0.361 e. The van der Waals surface area contributed by atoms with Crippen molar-refractivity contribution < 1.29 is 23.5 Å². The summed E-state index contributed by atoms with van der Waals surface area (Å²) >= 11 is 5.98. The number of benzene rings is 1. The van der Waals surface area contributed by atoms with Crippen LogP contribution in [0.25, 0.3) is 0 Å². The van der Waals surface area contributed by atoms with E-state index in [0.29, 0.717) is 5.69 Å². The lowest BCUT2D eigenvalue weighted by molar-refractivity contribution is -1.02. The number of carbonyl (C=O) groups excluding carboxylic acids is 1. The minimum atomic E-state index is -0.423. The molecule has 0 spiro atoms. The molecule has 1 fully saturated rings. The van der Waals surface area contributed by atoms with E-state index in [4.69, 9.17) is 16.1 Å². The molecule has 2 aromatic rings. The summed E-state index contributed by atoms with van der Waals surface area (Å²) in [6.45, 7) is 8.38. The van der Waals surface area contributed by atoms with Gasteiger partial charge in [0, 0.05) is 6.07 Å². The van der Waals surface area contributed by atoms with Crippen LogP contribution in [0, 0.1) is 12.7 Å². The molecule has 26 heavy (non-hydrogen) atoms. The van der Waals surface area contributed by atoms with Gasteiger partial charge in [0.2, 0.25) is 0 Å². The highest BCUT2D eigenvalue weighted by Gasteiger charge is 2.31. The van der Waals surface area contributed by atoms with E-state index in [0.717, 1.165) is 44.2 Å². The van der Waals surface area contributed by atoms with Crippen molar-refractivity contribution in [3.05, 3.63) is 46.6 Å². The summed E-state index contributed by atoms with van der Waals surface area (Å²) in [5.74, 6) is 0.297. The largest absolute Gasteiger partial charge is 0.361 e. The van der Waals surface area contributed by atoms with Crippen molar-refractivity contribution in [3.63, 3.8) is 0 Å². The second-order valence-corrected chi connectivity index (χ2v) is 7.26. The zero-order valence-electron chi connectivity index (χ0n) is 14.9. The number of piperazine rings is 1. The van der Waals surface area contributed by atoms with E-state index >= 15 is 0 Å². The predicted octanol–water partition coefficient (Wildman–Crippen LogP) is 0.0861. The summed E-state index contributed by atoms with van der Waals surface area (Å²) in [6, 6.07) is 5.73. The van der Waals surface area contributed by atoms with E-state index < -0.39 is 5.82 Å². The molecule has 0 aliphatic carbocycles. The molecule has 1 aliphatic heterocycles. The molecule has 6 nitrogen and oxygen atoms in total. The normalized spacial score (nSPS) is 21.4. The number of aryl methyl sites for hydroxylation is 1. The van der Waals surface area contributed by atoms with E-state index in [1.54, 1.807) is 0 Å². The average molecular weight is 383 g/mol. The Morgan fingerprint density at radius 1 is 1.35 bits per heavy atom. The van der Waals surface area contributed by atoms with Gasteiger partial charge in [0.1, 0.15) is 50.0 Å². The number of carbonyl (C=O) groups is 1. The molecule has 0 bridgehead atoms. The molecule has 1 saturated heterocycles. The van der Waals surface area contributed by atoms with Crippen molar-refractivity contribution in [2.24, 2.45) is 0 Å². The molecule has 0 unspecified atom stereocenters. The van der Waals surface area contributed by atoms with Crippen LogP contribution in [-0.2, 0) is 11.3 Å². The fraction of sp³-hybridized carbons (Fsp3) is 0.444. The lowest BCUT2D eigenvalue weighted by Crippen LogP contribution is -3.29. The van der Waals surface area contributed by atoms with Gasteiger partial charge in [0.15, 0.2) is 6.04 Å². The van der Waals surface area contributed by atoms with Gasteiger partial charge in [-0.15, -0.1) is 0 Å². The number of nitrogens with one attached hydrogen (secondary N) is 3. The Kier molecular flexibility index (Phi) is 5.90. The van der Waals surface area contributed by atoms with Gasteiger partial charge >= 0.3 is 0 Å². The van der Waals surface area contributed by atoms with Crippen LogP contribution < -0.4 is 15.1 Å². The number of hydrogen-bond donors (Lipinski definition) is 3. The van der Waals surface area contributed by atoms with E-state index in [-0.39, 0.29) is 17.0 Å². The number of amides is 1. The Morgan fingerprint density at radius 2 is 2.08 bits per heavy atom. The van der Waals surface area contributed by atoms with Crippen LogP contribution >= 0.6 is 11.6 Å². The van der Waals surface area contributed by atoms with Gasteiger partial charge in [0.25, 0.3) is 5.91 Å². The van der Waals surface area contributed by atoms with Crippen LogP contribution in [0.15, 0.2) is 28.8 Å². The van der Waals surface area contributed by atoms with Crippen molar-refractivity contribution in [2.45, 2.75) is 26.4 Å². The van der Waals surface area contributed by atoms with Gasteiger partial charge < -0.3 is 19.6 Å². The molecule has 140 valence electrons. The van der Waals surface area contributed by atoms with Crippen molar-refractivity contribution in [2.75, 3.05) is 31.5 Å². The Bertz CT molecular complexity index is 774. The third-order valence-electron chi connectivity index (χ3n) is 4.90. The summed E-state index contributed by atoms with van der Waals surface area (Å²) < 4.78 is 18.2. The number of rotatable bonds is 5.